The van der Waals surface area contributed by atoms with Gasteiger partial charge in [-0.3, -0.25) is 0 Å². The molecule has 0 aliphatic heterocycles. The van der Waals surface area contributed by atoms with E-state index in [1.54, 1.807) is 0 Å². The molecule has 0 spiro atoms. The van der Waals surface area contributed by atoms with Crippen molar-refractivity contribution in [3.05, 3.63) is 27.4 Å². The third-order valence-corrected chi connectivity index (χ3v) is 1.83. The molecule has 0 saturated heterocycles. The molecule has 12 heteroatoms. The molecular formula is C8H3F5N2O5. The maximum absolute atomic E-state index is 12.5. The van der Waals surface area contributed by atoms with E-state index in [2.05, 4.69) is 9.72 Å². The van der Waals surface area contributed by atoms with E-state index in [0.29, 0.717) is 0 Å². The number of carboxylic acid groups (broad SMARTS) is 1. The Hall–Kier alpha value is -2.53. The molecule has 0 radical (unpaired) electrons. The van der Waals surface area contributed by atoms with Gasteiger partial charge in [0.1, 0.15) is 5.56 Å². The highest BCUT2D eigenvalue weighted by Gasteiger charge is 2.38. The first-order valence-electron chi connectivity index (χ1n) is 4.49. The zero-order chi connectivity index (χ0) is 15.7. The van der Waals surface area contributed by atoms with E-state index in [-0.39, 0.29) is 6.07 Å². The molecule has 1 N–H and O–H groups in total. The van der Waals surface area contributed by atoms with Crippen LogP contribution in [-0.2, 0) is 0 Å². The van der Waals surface area contributed by atoms with E-state index in [0.717, 1.165) is 0 Å². The molecule has 0 atom stereocenters. The molecule has 0 aliphatic carbocycles. The first-order chi connectivity index (χ1) is 9.03. The zero-order valence-corrected chi connectivity index (χ0v) is 9.02. The van der Waals surface area contributed by atoms with Crippen molar-refractivity contribution in [1.82, 2.24) is 4.98 Å². The van der Waals surface area contributed by atoms with Crippen molar-refractivity contribution >= 4 is 11.8 Å². The first-order valence-corrected chi connectivity index (χ1v) is 4.49. The Morgan fingerprint density at radius 1 is 1.45 bits per heavy atom. The quantitative estimate of drug-likeness (QED) is 0.521. The Kier molecular flexibility index (Phi) is 4.06. The van der Waals surface area contributed by atoms with Crippen molar-refractivity contribution in [3.8, 4) is 5.75 Å². The molecule has 110 valence electrons. The lowest BCUT2D eigenvalue weighted by molar-refractivity contribution is -0.393. The van der Waals surface area contributed by atoms with Crippen molar-refractivity contribution < 1.29 is 41.5 Å². The van der Waals surface area contributed by atoms with E-state index in [4.69, 9.17) is 5.11 Å². The maximum atomic E-state index is 12.5. The van der Waals surface area contributed by atoms with Crippen LogP contribution in [0.3, 0.4) is 0 Å². The van der Waals surface area contributed by atoms with Crippen LogP contribution in [0, 0.1) is 10.1 Å². The van der Waals surface area contributed by atoms with Crippen LogP contribution in [0.5, 0.6) is 5.75 Å². The first kappa shape index (κ1) is 15.5. The molecule has 20 heavy (non-hydrogen) atoms. The van der Waals surface area contributed by atoms with Gasteiger partial charge in [-0.15, -0.1) is 13.2 Å². The van der Waals surface area contributed by atoms with Crippen LogP contribution in [0.4, 0.5) is 27.8 Å². The lowest BCUT2D eigenvalue weighted by Gasteiger charge is -2.10. The smallest absolute Gasteiger partial charge is 0.478 e. The van der Waals surface area contributed by atoms with E-state index < -0.39 is 46.5 Å². The summed E-state index contributed by atoms with van der Waals surface area (Å²) in [7, 11) is 0. The molecule has 0 amide bonds. The third kappa shape index (κ3) is 3.49. The average molecular weight is 302 g/mol. The molecular weight excluding hydrogens is 299 g/mol. The summed E-state index contributed by atoms with van der Waals surface area (Å²) in [4.78, 5) is 22.2. The fraction of sp³-hybridized carbons (Fsp3) is 0.250. The van der Waals surface area contributed by atoms with Crippen LogP contribution in [0.15, 0.2) is 6.07 Å². The lowest BCUT2D eigenvalue weighted by Crippen LogP contribution is -2.19. The van der Waals surface area contributed by atoms with Crippen molar-refractivity contribution in [2.45, 2.75) is 12.8 Å². The minimum absolute atomic E-state index is 0.0253. The van der Waals surface area contributed by atoms with Crippen LogP contribution >= 0.6 is 0 Å². The number of carbonyl (C=O) groups is 1. The predicted octanol–water partition coefficient (Wildman–Crippen LogP) is 2.52. The SMILES string of the molecule is O=C(O)c1cc(OC(F)(F)F)c([N+](=O)[O-])nc1C(F)F. The van der Waals surface area contributed by atoms with Gasteiger partial charge in [0.05, 0.1) is 0 Å². The summed E-state index contributed by atoms with van der Waals surface area (Å²) in [5, 5.41) is 19.1. The van der Waals surface area contributed by atoms with Crippen LogP contribution in [0.2, 0.25) is 0 Å². The summed E-state index contributed by atoms with van der Waals surface area (Å²) in [5.74, 6) is -5.29. The highest BCUT2D eigenvalue weighted by Crippen LogP contribution is 2.34. The molecule has 1 rings (SSSR count). The van der Waals surface area contributed by atoms with E-state index in [1.165, 1.54) is 0 Å². The number of nitrogens with zero attached hydrogens (tertiary/aromatic N) is 2. The number of rotatable bonds is 4. The number of halogens is 5. The number of aromatic nitrogens is 1. The molecule has 0 aromatic carbocycles. The predicted molar refractivity (Wildman–Crippen MR) is 49.5 cm³/mol. The lowest BCUT2D eigenvalue weighted by atomic mass is 10.2. The number of hydrogen-bond acceptors (Lipinski definition) is 5. The average Bonchev–Trinajstić information content (AvgIpc) is 2.25. The minimum atomic E-state index is -5.38. The summed E-state index contributed by atoms with van der Waals surface area (Å²) in [6.07, 6.45) is -8.91. The van der Waals surface area contributed by atoms with Gasteiger partial charge in [-0.25, -0.2) is 13.6 Å². The minimum Gasteiger partial charge on any atom is -0.478 e. The highest BCUT2D eigenvalue weighted by atomic mass is 19.4. The summed E-state index contributed by atoms with van der Waals surface area (Å²) in [5.41, 5.74) is -2.86. The number of ether oxygens (including phenoxy) is 1. The molecule has 0 saturated carbocycles. The number of nitro groups is 1. The number of alkyl halides is 5. The number of hydrogen-bond donors (Lipinski definition) is 1. The van der Waals surface area contributed by atoms with Crippen molar-refractivity contribution in [3.63, 3.8) is 0 Å². The second-order valence-electron chi connectivity index (χ2n) is 3.15. The van der Waals surface area contributed by atoms with Gasteiger partial charge in [-0.2, -0.15) is 0 Å². The fourth-order valence-electron chi connectivity index (χ4n) is 1.17. The molecule has 0 fully saturated rings. The Bertz CT molecular complexity index is 559. The molecule has 1 aromatic heterocycles. The van der Waals surface area contributed by atoms with E-state index in [1.807, 2.05) is 0 Å². The van der Waals surface area contributed by atoms with Gasteiger partial charge in [-0.1, -0.05) is 0 Å². The molecule has 0 bridgehead atoms. The van der Waals surface area contributed by atoms with Crippen molar-refractivity contribution in [2.75, 3.05) is 0 Å². The van der Waals surface area contributed by atoms with Gasteiger partial charge in [0.25, 0.3) is 0 Å². The number of aromatic carboxylic acids is 1. The summed E-state index contributed by atoms with van der Waals surface area (Å²) >= 11 is 0. The summed E-state index contributed by atoms with van der Waals surface area (Å²) < 4.78 is 64.2. The van der Waals surface area contributed by atoms with Crippen LogP contribution < -0.4 is 4.74 Å². The van der Waals surface area contributed by atoms with Gasteiger partial charge < -0.3 is 20.0 Å². The summed E-state index contributed by atoms with van der Waals surface area (Å²) in [6, 6.07) is -0.0253. The van der Waals surface area contributed by atoms with Crippen LogP contribution in [-0.4, -0.2) is 27.3 Å². The van der Waals surface area contributed by atoms with Gasteiger partial charge in [-0.05, 0) is 9.91 Å². The zero-order valence-electron chi connectivity index (χ0n) is 9.02. The largest absolute Gasteiger partial charge is 0.573 e. The Labute approximate surface area is 105 Å². The fourth-order valence-corrected chi connectivity index (χ4v) is 1.17. The molecule has 0 unspecified atom stereocenters. The normalized spacial score (nSPS) is 11.5. The van der Waals surface area contributed by atoms with Gasteiger partial charge >= 0.3 is 24.6 Å². The molecule has 1 heterocycles. The van der Waals surface area contributed by atoms with Gasteiger partial charge in [0.2, 0.25) is 11.4 Å². The Morgan fingerprint density at radius 3 is 2.35 bits per heavy atom. The second kappa shape index (κ2) is 5.22. The number of pyridine rings is 1. The third-order valence-electron chi connectivity index (χ3n) is 1.83. The standard InChI is InChI=1S/C8H3F5N2O5/c9-5(10)4-2(7(16)17)1-3(20-8(11,12)13)6(14-4)15(18)19/h1,5H,(H,16,17). The van der Waals surface area contributed by atoms with Crippen molar-refractivity contribution in [2.24, 2.45) is 0 Å². The molecule has 7 nitrogen and oxygen atoms in total. The van der Waals surface area contributed by atoms with Crippen molar-refractivity contribution in [1.29, 1.82) is 0 Å². The van der Waals surface area contributed by atoms with E-state index >= 15 is 0 Å². The maximum Gasteiger partial charge on any atom is 0.573 e. The van der Waals surface area contributed by atoms with Gasteiger partial charge in [0, 0.05) is 6.07 Å². The van der Waals surface area contributed by atoms with Crippen LogP contribution in [0.1, 0.15) is 22.5 Å². The molecule has 1 aromatic rings. The highest BCUT2D eigenvalue weighted by molar-refractivity contribution is 5.89. The summed E-state index contributed by atoms with van der Waals surface area (Å²) in [6.45, 7) is 0. The topological polar surface area (TPSA) is 103 Å². The second-order valence-corrected chi connectivity index (χ2v) is 3.15. The molecule has 0 aliphatic rings. The Morgan fingerprint density at radius 2 is 2.00 bits per heavy atom. The Balaban J connectivity index is 3.53. The van der Waals surface area contributed by atoms with Crippen LogP contribution in [0.25, 0.3) is 0 Å². The van der Waals surface area contributed by atoms with Gasteiger partial charge in [0.15, 0.2) is 0 Å². The number of carboxylic acids is 1. The van der Waals surface area contributed by atoms with E-state index in [9.17, 15) is 36.9 Å². The monoisotopic (exact) mass is 302 g/mol.